The molecule has 0 aromatic carbocycles. The van der Waals surface area contributed by atoms with Gasteiger partial charge in [0.1, 0.15) is 11.8 Å². The Bertz CT molecular complexity index is 379. The minimum atomic E-state index is 0.206. The van der Waals surface area contributed by atoms with Crippen molar-refractivity contribution in [3.8, 4) is 0 Å². The summed E-state index contributed by atoms with van der Waals surface area (Å²) in [6.45, 7) is 6.65. The van der Waals surface area contributed by atoms with E-state index in [1.165, 1.54) is 0 Å². The second kappa shape index (κ2) is 4.24. The Kier molecular flexibility index (Phi) is 2.95. The normalized spacial score (nSPS) is 20.4. The minimum Gasteiger partial charge on any atom is -0.392 e. The number of aromatic nitrogens is 1. The molecular weight excluding hydrogens is 200 g/mol. The Morgan fingerprint density at radius 1 is 1.38 bits per heavy atom. The van der Waals surface area contributed by atoms with Crippen LogP contribution in [0.4, 0.5) is 0 Å². The maximum atomic E-state index is 5.44. The zero-order valence-corrected chi connectivity index (χ0v) is 10.1. The van der Waals surface area contributed by atoms with Crippen LogP contribution in [0.1, 0.15) is 39.3 Å². The zero-order chi connectivity index (χ0) is 11.6. The highest BCUT2D eigenvalue weighted by molar-refractivity contribution is 5.99. The Hall–Kier alpha value is -1.38. The van der Waals surface area contributed by atoms with Crippen molar-refractivity contribution in [3.05, 3.63) is 30.1 Å². The summed E-state index contributed by atoms with van der Waals surface area (Å²) in [4.78, 5) is 9.72. The first-order valence-corrected chi connectivity index (χ1v) is 5.69. The lowest BCUT2D eigenvalue weighted by Crippen LogP contribution is -2.18. The average Bonchev–Trinajstić information content (AvgIpc) is 2.65. The molecular formula is C13H18N2O. The summed E-state index contributed by atoms with van der Waals surface area (Å²) in [6.07, 6.45) is 3.88. The molecule has 3 nitrogen and oxygen atoms in total. The van der Waals surface area contributed by atoms with Gasteiger partial charge in [-0.2, -0.15) is 0 Å². The first-order valence-electron chi connectivity index (χ1n) is 5.69. The third kappa shape index (κ3) is 2.81. The van der Waals surface area contributed by atoms with Crippen LogP contribution in [0, 0.1) is 5.41 Å². The van der Waals surface area contributed by atoms with Crippen LogP contribution in [-0.4, -0.2) is 16.8 Å². The van der Waals surface area contributed by atoms with Gasteiger partial charge >= 0.3 is 0 Å². The van der Waals surface area contributed by atoms with Crippen molar-refractivity contribution in [1.29, 1.82) is 0 Å². The van der Waals surface area contributed by atoms with Gasteiger partial charge in [0.2, 0.25) is 0 Å². The summed E-state index contributed by atoms with van der Waals surface area (Å²) in [5.74, 6) is 0. The molecule has 2 heterocycles. The fourth-order valence-corrected chi connectivity index (χ4v) is 1.91. The van der Waals surface area contributed by atoms with Crippen molar-refractivity contribution in [2.45, 2.75) is 39.7 Å². The van der Waals surface area contributed by atoms with E-state index in [0.29, 0.717) is 0 Å². The third-order valence-corrected chi connectivity index (χ3v) is 2.53. The van der Waals surface area contributed by atoms with E-state index in [9.17, 15) is 0 Å². The molecule has 0 amide bonds. The fraction of sp³-hybridized carbons (Fsp3) is 0.538. The minimum absolute atomic E-state index is 0.206. The molecule has 1 aliphatic heterocycles. The van der Waals surface area contributed by atoms with Gasteiger partial charge in [-0.1, -0.05) is 32.0 Å². The van der Waals surface area contributed by atoms with Crippen LogP contribution < -0.4 is 0 Å². The van der Waals surface area contributed by atoms with Crippen molar-refractivity contribution >= 4 is 5.71 Å². The molecule has 0 bridgehead atoms. The summed E-state index contributed by atoms with van der Waals surface area (Å²) in [5.41, 5.74) is 2.17. The van der Waals surface area contributed by atoms with Crippen molar-refractivity contribution in [2.75, 3.05) is 0 Å². The van der Waals surface area contributed by atoms with Crippen LogP contribution in [0.3, 0.4) is 0 Å². The van der Waals surface area contributed by atoms with Gasteiger partial charge in [-0.3, -0.25) is 4.98 Å². The maximum Gasteiger partial charge on any atom is 0.133 e. The molecule has 0 N–H and O–H groups in total. The number of nitrogens with zero attached hydrogens (tertiary/aromatic N) is 2. The topological polar surface area (TPSA) is 34.5 Å². The number of hydrogen-bond donors (Lipinski definition) is 0. The molecule has 1 aromatic rings. The third-order valence-electron chi connectivity index (χ3n) is 2.53. The predicted octanol–water partition coefficient (Wildman–Crippen LogP) is 3.01. The molecule has 0 radical (unpaired) electrons. The lowest BCUT2D eigenvalue weighted by atomic mass is 9.87. The van der Waals surface area contributed by atoms with Crippen molar-refractivity contribution in [2.24, 2.45) is 10.6 Å². The second-order valence-corrected chi connectivity index (χ2v) is 5.45. The Labute approximate surface area is 96.5 Å². The van der Waals surface area contributed by atoms with Crippen molar-refractivity contribution in [1.82, 2.24) is 4.98 Å². The molecule has 0 spiro atoms. The summed E-state index contributed by atoms with van der Waals surface area (Å²) in [6, 6.07) is 5.86. The molecule has 16 heavy (non-hydrogen) atoms. The smallest absolute Gasteiger partial charge is 0.133 e. The van der Waals surface area contributed by atoms with Crippen LogP contribution in [0.25, 0.3) is 0 Å². The van der Waals surface area contributed by atoms with Crippen molar-refractivity contribution in [3.63, 3.8) is 0 Å². The van der Waals surface area contributed by atoms with E-state index < -0.39 is 0 Å². The molecule has 0 saturated carbocycles. The molecule has 0 fully saturated rings. The standard InChI is InChI=1S/C13H18N2O/c1-13(2,3)9-10-8-12(15-16-10)11-6-4-5-7-14-11/h4-7,10H,8-9H2,1-3H3. The fourth-order valence-electron chi connectivity index (χ4n) is 1.91. The molecule has 1 aromatic heterocycles. The number of oxime groups is 1. The molecule has 1 aliphatic rings. The predicted molar refractivity (Wildman–Crippen MR) is 64.3 cm³/mol. The molecule has 0 saturated heterocycles. The van der Waals surface area contributed by atoms with E-state index in [4.69, 9.17) is 4.84 Å². The first kappa shape index (κ1) is 11.1. The van der Waals surface area contributed by atoms with Crippen LogP contribution >= 0.6 is 0 Å². The average molecular weight is 218 g/mol. The van der Waals surface area contributed by atoms with E-state index in [1.807, 2.05) is 18.2 Å². The maximum absolute atomic E-state index is 5.44. The van der Waals surface area contributed by atoms with Gasteiger partial charge in [-0.05, 0) is 24.0 Å². The van der Waals surface area contributed by atoms with Gasteiger partial charge in [-0.15, -0.1) is 0 Å². The SMILES string of the molecule is CC(C)(C)CC1CC(c2ccccn2)=NO1. The lowest BCUT2D eigenvalue weighted by molar-refractivity contribution is 0.0540. The summed E-state index contributed by atoms with van der Waals surface area (Å²) in [7, 11) is 0. The first-order chi connectivity index (χ1) is 7.54. The van der Waals surface area contributed by atoms with Gasteiger partial charge in [0.15, 0.2) is 0 Å². The quantitative estimate of drug-likeness (QED) is 0.764. The van der Waals surface area contributed by atoms with E-state index >= 15 is 0 Å². The largest absolute Gasteiger partial charge is 0.392 e. The van der Waals surface area contributed by atoms with Gasteiger partial charge in [0.05, 0.1) is 5.69 Å². The molecule has 86 valence electrons. The van der Waals surface area contributed by atoms with E-state index in [0.717, 1.165) is 24.2 Å². The summed E-state index contributed by atoms with van der Waals surface area (Å²) >= 11 is 0. The number of rotatable bonds is 2. The van der Waals surface area contributed by atoms with E-state index in [-0.39, 0.29) is 11.5 Å². The van der Waals surface area contributed by atoms with Gasteiger partial charge in [-0.25, -0.2) is 0 Å². The Balaban J connectivity index is 1.98. The zero-order valence-electron chi connectivity index (χ0n) is 10.1. The molecule has 1 unspecified atom stereocenters. The van der Waals surface area contributed by atoms with Gasteiger partial charge < -0.3 is 4.84 Å². The van der Waals surface area contributed by atoms with Crippen LogP contribution in [0.5, 0.6) is 0 Å². The second-order valence-electron chi connectivity index (χ2n) is 5.45. The number of pyridine rings is 1. The Morgan fingerprint density at radius 2 is 2.19 bits per heavy atom. The number of hydrogen-bond acceptors (Lipinski definition) is 3. The Morgan fingerprint density at radius 3 is 2.81 bits per heavy atom. The highest BCUT2D eigenvalue weighted by Crippen LogP contribution is 2.27. The molecule has 0 aliphatic carbocycles. The summed E-state index contributed by atoms with van der Waals surface area (Å²) < 4.78 is 0. The van der Waals surface area contributed by atoms with Gasteiger partial charge in [0, 0.05) is 12.6 Å². The van der Waals surface area contributed by atoms with Gasteiger partial charge in [0.25, 0.3) is 0 Å². The van der Waals surface area contributed by atoms with E-state index in [2.05, 4.69) is 30.9 Å². The van der Waals surface area contributed by atoms with Crippen LogP contribution in [0.2, 0.25) is 0 Å². The molecule has 1 atom stereocenters. The lowest BCUT2D eigenvalue weighted by Gasteiger charge is -2.20. The highest BCUT2D eigenvalue weighted by atomic mass is 16.6. The van der Waals surface area contributed by atoms with Crippen LogP contribution in [0.15, 0.2) is 29.6 Å². The molecule has 3 heteroatoms. The summed E-state index contributed by atoms with van der Waals surface area (Å²) in [5, 5.41) is 4.13. The monoisotopic (exact) mass is 218 g/mol. The van der Waals surface area contributed by atoms with Crippen LogP contribution in [-0.2, 0) is 4.84 Å². The van der Waals surface area contributed by atoms with E-state index in [1.54, 1.807) is 6.20 Å². The highest BCUT2D eigenvalue weighted by Gasteiger charge is 2.27. The molecule has 2 rings (SSSR count). The van der Waals surface area contributed by atoms with Crippen molar-refractivity contribution < 1.29 is 4.84 Å².